The summed E-state index contributed by atoms with van der Waals surface area (Å²) in [4.78, 5) is 16.0. The van der Waals surface area contributed by atoms with E-state index in [-0.39, 0.29) is 5.97 Å². The van der Waals surface area contributed by atoms with Crippen molar-refractivity contribution in [2.24, 2.45) is 0 Å². The van der Waals surface area contributed by atoms with Crippen molar-refractivity contribution >= 4 is 22.3 Å². The summed E-state index contributed by atoms with van der Waals surface area (Å²) in [5.41, 5.74) is 7.98. The third-order valence-corrected chi connectivity index (χ3v) is 5.61. The molecule has 0 spiro atoms. The molecule has 3 aliphatic rings. The van der Waals surface area contributed by atoms with Gasteiger partial charge in [-0.25, -0.2) is 4.79 Å². The molecule has 5 heteroatoms. The molecule has 1 aliphatic carbocycles. The van der Waals surface area contributed by atoms with E-state index >= 15 is 0 Å². The standard InChI is InChI=1S/C15H22N2O2S/c1-4-19-15(18)12-11-9-5-6-10(13(11)20-14(12)16)17(7-9)8(2)3/h8-10H,4-7,16H2,1-3H3. The molecule has 0 aromatic carbocycles. The Morgan fingerprint density at radius 3 is 2.90 bits per heavy atom. The van der Waals surface area contributed by atoms with Crippen LogP contribution < -0.4 is 5.73 Å². The lowest BCUT2D eigenvalue weighted by atomic mass is 9.77. The minimum absolute atomic E-state index is 0.244. The Morgan fingerprint density at radius 2 is 2.25 bits per heavy atom. The van der Waals surface area contributed by atoms with Crippen molar-refractivity contribution in [1.82, 2.24) is 4.90 Å². The van der Waals surface area contributed by atoms with E-state index < -0.39 is 0 Å². The van der Waals surface area contributed by atoms with Gasteiger partial charge in [0.1, 0.15) is 5.00 Å². The molecule has 0 amide bonds. The van der Waals surface area contributed by atoms with Gasteiger partial charge in [0.25, 0.3) is 0 Å². The third kappa shape index (κ3) is 1.95. The van der Waals surface area contributed by atoms with Crippen LogP contribution in [0.25, 0.3) is 0 Å². The van der Waals surface area contributed by atoms with Gasteiger partial charge in [-0.1, -0.05) is 0 Å². The minimum Gasteiger partial charge on any atom is -0.462 e. The van der Waals surface area contributed by atoms with Gasteiger partial charge in [-0.15, -0.1) is 11.3 Å². The van der Waals surface area contributed by atoms with E-state index in [0.29, 0.717) is 35.2 Å². The normalized spacial score (nSPS) is 25.0. The maximum Gasteiger partial charge on any atom is 0.341 e. The number of nitrogen functional groups attached to an aromatic ring is 1. The zero-order chi connectivity index (χ0) is 14.4. The third-order valence-electron chi connectivity index (χ3n) is 4.47. The van der Waals surface area contributed by atoms with Crippen molar-refractivity contribution in [1.29, 1.82) is 0 Å². The van der Waals surface area contributed by atoms with Crippen LogP contribution in [-0.4, -0.2) is 30.1 Å². The molecule has 110 valence electrons. The zero-order valence-electron chi connectivity index (χ0n) is 12.3. The fourth-order valence-electron chi connectivity index (χ4n) is 3.63. The number of esters is 1. The van der Waals surface area contributed by atoms with Gasteiger partial charge in [-0.3, -0.25) is 4.90 Å². The topological polar surface area (TPSA) is 55.6 Å². The number of nitrogens with two attached hydrogens (primary N) is 1. The molecular weight excluding hydrogens is 272 g/mol. The molecule has 20 heavy (non-hydrogen) atoms. The zero-order valence-corrected chi connectivity index (χ0v) is 13.1. The average Bonchev–Trinajstić information content (AvgIpc) is 2.78. The fraction of sp³-hybridized carbons (Fsp3) is 0.667. The Balaban J connectivity index is 2.04. The largest absolute Gasteiger partial charge is 0.462 e. The fourth-order valence-corrected chi connectivity index (χ4v) is 4.93. The summed E-state index contributed by atoms with van der Waals surface area (Å²) in [5, 5.41) is 0.635. The van der Waals surface area contributed by atoms with Gasteiger partial charge in [0.05, 0.1) is 12.2 Å². The molecule has 4 rings (SSSR count). The monoisotopic (exact) mass is 294 g/mol. The number of hydrogen-bond donors (Lipinski definition) is 1. The number of hydrogen-bond acceptors (Lipinski definition) is 5. The summed E-state index contributed by atoms with van der Waals surface area (Å²) in [6, 6.07) is 0.968. The van der Waals surface area contributed by atoms with E-state index in [9.17, 15) is 4.79 Å². The second-order valence-corrected chi connectivity index (χ2v) is 7.00. The van der Waals surface area contributed by atoms with Crippen LogP contribution >= 0.6 is 11.3 Å². The molecule has 0 saturated carbocycles. The van der Waals surface area contributed by atoms with E-state index in [2.05, 4.69) is 18.7 Å². The van der Waals surface area contributed by atoms with Gasteiger partial charge in [0, 0.05) is 23.5 Å². The number of fused-ring (bicyclic) bond motifs is 2. The molecule has 1 saturated heterocycles. The van der Waals surface area contributed by atoms with Crippen LogP contribution in [0.15, 0.2) is 0 Å². The first-order chi connectivity index (χ1) is 9.54. The highest BCUT2D eigenvalue weighted by Crippen LogP contribution is 2.53. The number of rotatable bonds is 3. The Bertz CT molecular complexity index is 538. The molecule has 2 N–H and O–H groups in total. The maximum atomic E-state index is 12.2. The molecule has 0 radical (unpaired) electrons. The molecule has 4 nitrogen and oxygen atoms in total. The molecule has 3 heterocycles. The van der Waals surface area contributed by atoms with Gasteiger partial charge < -0.3 is 10.5 Å². The van der Waals surface area contributed by atoms with Crippen LogP contribution in [0.4, 0.5) is 5.00 Å². The van der Waals surface area contributed by atoms with E-state index in [0.717, 1.165) is 13.0 Å². The van der Waals surface area contributed by atoms with E-state index in [1.165, 1.54) is 16.9 Å². The Labute approximate surface area is 123 Å². The number of anilines is 1. The first-order valence-corrected chi connectivity index (χ1v) is 8.21. The summed E-state index contributed by atoms with van der Waals surface area (Å²) in [7, 11) is 0. The van der Waals surface area contributed by atoms with Crippen molar-refractivity contribution in [2.75, 3.05) is 18.9 Å². The molecule has 2 unspecified atom stereocenters. The second-order valence-electron chi connectivity index (χ2n) is 5.92. The van der Waals surface area contributed by atoms with Crippen molar-refractivity contribution in [3.8, 4) is 0 Å². The maximum absolute atomic E-state index is 12.2. The van der Waals surface area contributed by atoms with Crippen molar-refractivity contribution in [3.05, 3.63) is 16.0 Å². The highest BCUT2D eigenvalue weighted by Gasteiger charge is 2.43. The van der Waals surface area contributed by atoms with E-state index in [4.69, 9.17) is 10.5 Å². The molecule has 2 bridgehead atoms. The number of ether oxygens (including phenoxy) is 1. The van der Waals surface area contributed by atoms with Crippen molar-refractivity contribution in [3.63, 3.8) is 0 Å². The van der Waals surface area contributed by atoms with Gasteiger partial charge in [0.2, 0.25) is 0 Å². The molecule has 1 aromatic heterocycles. The van der Waals surface area contributed by atoms with Crippen LogP contribution in [0.2, 0.25) is 0 Å². The molecule has 1 fully saturated rings. The summed E-state index contributed by atoms with van der Waals surface area (Å²) in [6.07, 6.45) is 2.33. The average molecular weight is 294 g/mol. The lowest BCUT2D eigenvalue weighted by Gasteiger charge is -2.47. The molecule has 2 aliphatic heterocycles. The highest BCUT2D eigenvalue weighted by molar-refractivity contribution is 7.16. The van der Waals surface area contributed by atoms with Crippen LogP contribution in [0.1, 0.15) is 66.4 Å². The SMILES string of the molecule is CCOC(=O)c1c(N)sc2c1C1CCC2N(C(C)C)C1. The summed E-state index contributed by atoms with van der Waals surface area (Å²) < 4.78 is 5.19. The first kappa shape index (κ1) is 13.9. The predicted molar refractivity (Wildman–Crippen MR) is 81.2 cm³/mol. The van der Waals surface area contributed by atoms with Crippen LogP contribution in [-0.2, 0) is 4.74 Å². The Kier molecular flexibility index (Phi) is 3.50. The second kappa shape index (κ2) is 5.04. The van der Waals surface area contributed by atoms with Crippen LogP contribution in [0.3, 0.4) is 0 Å². The van der Waals surface area contributed by atoms with E-state index in [1.54, 1.807) is 11.3 Å². The summed E-state index contributed by atoms with van der Waals surface area (Å²) in [5.74, 6) is 0.191. The molecule has 2 atom stereocenters. The number of piperidine rings is 1. The van der Waals surface area contributed by atoms with Crippen LogP contribution in [0, 0.1) is 0 Å². The molecular formula is C15H22N2O2S. The van der Waals surface area contributed by atoms with Crippen molar-refractivity contribution in [2.45, 2.75) is 51.6 Å². The lowest BCUT2D eigenvalue weighted by Crippen LogP contribution is -2.45. The quantitative estimate of drug-likeness (QED) is 0.870. The number of carbonyl (C=O) groups excluding carboxylic acids is 1. The van der Waals surface area contributed by atoms with Gasteiger partial charge in [-0.05, 0) is 45.1 Å². The number of nitrogens with zero attached hydrogens (tertiary/aromatic N) is 1. The number of thiophene rings is 1. The molecule has 1 aromatic rings. The van der Waals surface area contributed by atoms with Gasteiger partial charge >= 0.3 is 5.97 Å². The summed E-state index contributed by atoms with van der Waals surface area (Å²) >= 11 is 1.59. The van der Waals surface area contributed by atoms with E-state index in [1.807, 2.05) is 6.92 Å². The van der Waals surface area contributed by atoms with Gasteiger partial charge in [-0.2, -0.15) is 0 Å². The summed E-state index contributed by atoms with van der Waals surface area (Å²) in [6.45, 7) is 7.75. The Hall–Kier alpha value is -1.07. The number of carbonyl (C=O) groups is 1. The smallest absolute Gasteiger partial charge is 0.341 e. The minimum atomic E-state index is -0.244. The lowest BCUT2D eigenvalue weighted by molar-refractivity contribution is 0.0516. The first-order valence-electron chi connectivity index (χ1n) is 7.39. The predicted octanol–water partition coefficient (Wildman–Crippen LogP) is 3.15. The highest BCUT2D eigenvalue weighted by atomic mass is 32.1. The van der Waals surface area contributed by atoms with Crippen molar-refractivity contribution < 1.29 is 9.53 Å². The Morgan fingerprint density at radius 1 is 1.50 bits per heavy atom. The van der Waals surface area contributed by atoms with Gasteiger partial charge in [0.15, 0.2) is 0 Å². The van der Waals surface area contributed by atoms with Crippen LogP contribution in [0.5, 0.6) is 0 Å².